The van der Waals surface area contributed by atoms with E-state index >= 15 is 0 Å². The molecular formula is C28H33N3O3. The third kappa shape index (κ3) is 5.57. The lowest BCUT2D eigenvalue weighted by atomic mass is 9.97. The summed E-state index contributed by atoms with van der Waals surface area (Å²) in [4.78, 5) is 28.5. The van der Waals surface area contributed by atoms with E-state index in [0.717, 1.165) is 48.8 Å². The van der Waals surface area contributed by atoms with Crippen LogP contribution in [0.1, 0.15) is 46.9 Å². The highest BCUT2D eigenvalue weighted by Gasteiger charge is 2.22. The lowest BCUT2D eigenvalue weighted by Gasteiger charge is -2.33. The summed E-state index contributed by atoms with van der Waals surface area (Å²) < 4.78 is 5.09. The van der Waals surface area contributed by atoms with Gasteiger partial charge in [-0.15, -0.1) is 0 Å². The molecule has 34 heavy (non-hydrogen) atoms. The van der Waals surface area contributed by atoms with Crippen LogP contribution in [0, 0.1) is 5.92 Å². The summed E-state index contributed by atoms with van der Waals surface area (Å²) in [6.45, 7) is 5.25. The Morgan fingerprint density at radius 3 is 2.53 bits per heavy atom. The molecule has 1 saturated heterocycles. The van der Waals surface area contributed by atoms with Gasteiger partial charge in [-0.3, -0.25) is 9.59 Å². The van der Waals surface area contributed by atoms with E-state index < -0.39 is 0 Å². The van der Waals surface area contributed by atoms with Gasteiger partial charge in [0.1, 0.15) is 0 Å². The van der Waals surface area contributed by atoms with Crippen LogP contribution in [-0.4, -0.2) is 45.2 Å². The zero-order chi connectivity index (χ0) is 23.9. The van der Waals surface area contributed by atoms with Crippen molar-refractivity contribution in [2.24, 2.45) is 5.92 Å². The largest absolute Gasteiger partial charge is 0.385 e. The molecule has 178 valence electrons. The predicted octanol–water partition coefficient (Wildman–Crippen LogP) is 5.09. The number of benzene rings is 3. The average molecular weight is 460 g/mol. The summed E-state index contributed by atoms with van der Waals surface area (Å²) in [6, 6.07) is 19.2. The average Bonchev–Trinajstić information content (AvgIpc) is 2.86. The monoisotopic (exact) mass is 459 g/mol. The molecule has 1 aliphatic rings. The molecule has 0 bridgehead atoms. The van der Waals surface area contributed by atoms with E-state index in [0.29, 0.717) is 35.9 Å². The van der Waals surface area contributed by atoms with Crippen LogP contribution in [0.5, 0.6) is 0 Å². The molecule has 2 amide bonds. The first-order valence-electron chi connectivity index (χ1n) is 12.0. The van der Waals surface area contributed by atoms with Crippen LogP contribution < -0.4 is 15.5 Å². The Labute approximate surface area is 201 Å². The van der Waals surface area contributed by atoms with E-state index in [1.807, 2.05) is 54.6 Å². The maximum Gasteiger partial charge on any atom is 0.256 e. The molecule has 1 aliphatic heterocycles. The van der Waals surface area contributed by atoms with Crippen molar-refractivity contribution in [1.82, 2.24) is 5.32 Å². The summed E-state index contributed by atoms with van der Waals surface area (Å²) in [5.41, 5.74) is 2.72. The van der Waals surface area contributed by atoms with Gasteiger partial charge in [-0.25, -0.2) is 0 Å². The number of nitrogens with one attached hydrogen (secondary N) is 2. The molecule has 0 aromatic heterocycles. The molecule has 0 aliphatic carbocycles. The summed E-state index contributed by atoms with van der Waals surface area (Å²) in [6.07, 6.45) is 2.96. The minimum absolute atomic E-state index is 0.133. The van der Waals surface area contributed by atoms with Gasteiger partial charge in [0.15, 0.2) is 0 Å². The van der Waals surface area contributed by atoms with Gasteiger partial charge in [0.25, 0.3) is 11.8 Å². The van der Waals surface area contributed by atoms with Crippen molar-refractivity contribution in [3.05, 3.63) is 71.8 Å². The fourth-order valence-corrected chi connectivity index (χ4v) is 4.46. The Morgan fingerprint density at radius 2 is 1.74 bits per heavy atom. The number of carbonyl (C=O) groups is 2. The molecule has 1 fully saturated rings. The smallest absolute Gasteiger partial charge is 0.256 e. The SMILES string of the molecule is COCCCNC(=O)c1cc(NC(=O)c2cccc3ccccc23)ccc1N1CCC(C)CC1. The van der Waals surface area contributed by atoms with E-state index in [-0.39, 0.29) is 11.8 Å². The van der Waals surface area contributed by atoms with E-state index in [1.165, 1.54) is 0 Å². The lowest BCUT2D eigenvalue weighted by molar-refractivity contribution is 0.0947. The van der Waals surface area contributed by atoms with E-state index in [2.05, 4.69) is 22.5 Å². The summed E-state index contributed by atoms with van der Waals surface area (Å²) >= 11 is 0. The molecule has 0 saturated carbocycles. The van der Waals surface area contributed by atoms with Crippen LogP contribution in [0.2, 0.25) is 0 Å². The normalized spacial score (nSPS) is 14.2. The maximum atomic E-state index is 13.1. The number of nitrogens with zero attached hydrogens (tertiary/aromatic N) is 1. The number of hydrogen-bond donors (Lipinski definition) is 2. The van der Waals surface area contributed by atoms with Crippen molar-refractivity contribution in [2.45, 2.75) is 26.2 Å². The van der Waals surface area contributed by atoms with Gasteiger partial charge in [-0.1, -0.05) is 43.3 Å². The number of methoxy groups -OCH3 is 1. The molecule has 3 aromatic rings. The van der Waals surface area contributed by atoms with Crippen LogP contribution in [0.4, 0.5) is 11.4 Å². The second-order valence-corrected chi connectivity index (χ2v) is 8.98. The Bertz CT molecular complexity index is 1150. The quantitative estimate of drug-likeness (QED) is 0.460. The second-order valence-electron chi connectivity index (χ2n) is 8.98. The van der Waals surface area contributed by atoms with Crippen molar-refractivity contribution in [3.8, 4) is 0 Å². The number of anilines is 2. The maximum absolute atomic E-state index is 13.1. The topological polar surface area (TPSA) is 70.7 Å². The predicted molar refractivity (Wildman–Crippen MR) is 138 cm³/mol. The van der Waals surface area contributed by atoms with Crippen LogP contribution in [0.25, 0.3) is 10.8 Å². The first-order chi connectivity index (χ1) is 16.6. The van der Waals surface area contributed by atoms with Gasteiger partial charge in [-0.05, 0) is 60.2 Å². The molecule has 0 atom stereocenters. The zero-order valence-corrected chi connectivity index (χ0v) is 20.0. The van der Waals surface area contributed by atoms with E-state index in [9.17, 15) is 9.59 Å². The number of fused-ring (bicyclic) bond motifs is 1. The van der Waals surface area contributed by atoms with Gasteiger partial charge < -0.3 is 20.3 Å². The molecule has 0 unspecified atom stereocenters. The summed E-state index contributed by atoms with van der Waals surface area (Å²) in [5, 5.41) is 7.92. The minimum Gasteiger partial charge on any atom is -0.385 e. The lowest BCUT2D eigenvalue weighted by Crippen LogP contribution is -2.35. The molecule has 0 spiro atoms. The third-order valence-corrected chi connectivity index (χ3v) is 6.47. The number of rotatable bonds is 8. The fourth-order valence-electron chi connectivity index (χ4n) is 4.46. The fraction of sp³-hybridized carbons (Fsp3) is 0.357. The summed E-state index contributed by atoms with van der Waals surface area (Å²) in [5.74, 6) is 0.371. The van der Waals surface area contributed by atoms with Gasteiger partial charge in [0, 0.05) is 50.3 Å². The molecule has 1 heterocycles. The van der Waals surface area contributed by atoms with Crippen LogP contribution in [-0.2, 0) is 4.74 Å². The molecule has 6 nitrogen and oxygen atoms in total. The standard InChI is InChI=1S/C28H33N3O3/c1-20-13-16-31(17-14-20)26-12-11-22(19-25(26)27(32)29-15-6-18-34-2)30-28(33)24-10-5-8-21-7-3-4-9-23(21)24/h3-5,7-12,19-20H,6,13-18H2,1-2H3,(H,29,32)(H,30,33). The van der Waals surface area contributed by atoms with Crippen LogP contribution >= 0.6 is 0 Å². The number of piperidine rings is 1. The number of hydrogen-bond acceptors (Lipinski definition) is 4. The first kappa shape index (κ1) is 23.8. The van der Waals surface area contributed by atoms with E-state index in [1.54, 1.807) is 13.2 Å². The third-order valence-electron chi connectivity index (χ3n) is 6.47. The van der Waals surface area contributed by atoms with Crippen LogP contribution in [0.3, 0.4) is 0 Å². The van der Waals surface area contributed by atoms with Gasteiger partial charge in [-0.2, -0.15) is 0 Å². The molecule has 2 N–H and O–H groups in total. The highest BCUT2D eigenvalue weighted by Crippen LogP contribution is 2.29. The van der Waals surface area contributed by atoms with Crippen LogP contribution in [0.15, 0.2) is 60.7 Å². The van der Waals surface area contributed by atoms with E-state index in [4.69, 9.17) is 4.74 Å². The van der Waals surface area contributed by atoms with Gasteiger partial charge in [0.05, 0.1) is 5.56 Å². The number of carbonyl (C=O) groups excluding carboxylic acids is 2. The molecule has 4 rings (SSSR count). The first-order valence-corrected chi connectivity index (χ1v) is 12.0. The van der Waals surface area contributed by atoms with Crippen molar-refractivity contribution in [1.29, 1.82) is 0 Å². The number of amides is 2. The van der Waals surface area contributed by atoms with Crippen molar-refractivity contribution >= 4 is 34.0 Å². The highest BCUT2D eigenvalue weighted by molar-refractivity contribution is 6.13. The minimum atomic E-state index is -0.192. The molecule has 6 heteroatoms. The summed E-state index contributed by atoms with van der Waals surface area (Å²) in [7, 11) is 1.65. The Morgan fingerprint density at radius 1 is 0.971 bits per heavy atom. The van der Waals surface area contributed by atoms with Crippen molar-refractivity contribution in [2.75, 3.05) is 43.6 Å². The van der Waals surface area contributed by atoms with Crippen molar-refractivity contribution in [3.63, 3.8) is 0 Å². The second kappa shape index (κ2) is 11.2. The Balaban J connectivity index is 1.58. The van der Waals surface area contributed by atoms with Gasteiger partial charge >= 0.3 is 0 Å². The highest BCUT2D eigenvalue weighted by atomic mass is 16.5. The molecule has 0 radical (unpaired) electrons. The van der Waals surface area contributed by atoms with Gasteiger partial charge in [0.2, 0.25) is 0 Å². The molecular weight excluding hydrogens is 426 g/mol. The number of ether oxygens (including phenoxy) is 1. The van der Waals surface area contributed by atoms with Crippen molar-refractivity contribution < 1.29 is 14.3 Å². The molecule has 3 aromatic carbocycles. The Kier molecular flexibility index (Phi) is 7.80. The Hall–Kier alpha value is -3.38. The zero-order valence-electron chi connectivity index (χ0n) is 20.0.